The Labute approximate surface area is 138 Å². The smallest absolute Gasteiger partial charge is 0.269 e. The molecule has 0 spiro atoms. The highest BCUT2D eigenvalue weighted by molar-refractivity contribution is 5.99. The monoisotopic (exact) mass is 332 g/mol. The van der Waals surface area contributed by atoms with Gasteiger partial charge in [-0.25, -0.2) is 4.39 Å². The molecule has 0 unspecified atom stereocenters. The van der Waals surface area contributed by atoms with Crippen LogP contribution >= 0.6 is 0 Å². The Morgan fingerprint density at radius 2 is 1.54 bits per heavy atom. The Morgan fingerprint density at radius 1 is 0.958 bits per heavy atom. The molecule has 2 N–H and O–H groups in total. The summed E-state index contributed by atoms with van der Waals surface area (Å²) in [6, 6.07) is 9.62. The normalized spacial score (nSPS) is 9.96. The molecule has 0 aliphatic carbocycles. The highest BCUT2D eigenvalue weighted by atomic mass is 19.1. The van der Waals surface area contributed by atoms with Crippen LogP contribution in [0.4, 0.5) is 4.39 Å². The summed E-state index contributed by atoms with van der Waals surface area (Å²) < 4.78 is 23.4. The van der Waals surface area contributed by atoms with Crippen LogP contribution in [0.5, 0.6) is 11.5 Å². The molecule has 2 amide bonds. The number of carbonyl (C=O) groups is 2. The van der Waals surface area contributed by atoms with Crippen molar-refractivity contribution in [2.45, 2.75) is 6.92 Å². The largest absolute Gasteiger partial charge is 0.493 e. The van der Waals surface area contributed by atoms with Gasteiger partial charge in [-0.2, -0.15) is 0 Å². The number of benzene rings is 2. The van der Waals surface area contributed by atoms with Gasteiger partial charge in [-0.1, -0.05) is 0 Å². The van der Waals surface area contributed by atoms with Gasteiger partial charge < -0.3 is 9.47 Å². The van der Waals surface area contributed by atoms with Crippen molar-refractivity contribution in [3.05, 3.63) is 59.4 Å². The van der Waals surface area contributed by atoms with Gasteiger partial charge in [0, 0.05) is 11.1 Å². The zero-order valence-corrected chi connectivity index (χ0v) is 13.3. The molecule has 0 bridgehead atoms. The summed E-state index contributed by atoms with van der Waals surface area (Å²) in [5, 5.41) is 0. The molecule has 126 valence electrons. The van der Waals surface area contributed by atoms with E-state index in [0.29, 0.717) is 18.1 Å². The molecular formula is C17H17FN2O4. The molecule has 2 rings (SSSR count). The van der Waals surface area contributed by atoms with Crippen LogP contribution in [0.25, 0.3) is 0 Å². The Bertz CT molecular complexity index is 732. The van der Waals surface area contributed by atoms with Crippen molar-refractivity contribution < 1.29 is 23.5 Å². The van der Waals surface area contributed by atoms with Gasteiger partial charge in [-0.15, -0.1) is 0 Å². The van der Waals surface area contributed by atoms with Gasteiger partial charge in [-0.05, 0) is 49.4 Å². The summed E-state index contributed by atoms with van der Waals surface area (Å²) in [5.41, 5.74) is 5.06. The van der Waals surface area contributed by atoms with Gasteiger partial charge in [-0.3, -0.25) is 20.4 Å². The van der Waals surface area contributed by atoms with Crippen molar-refractivity contribution in [2.75, 3.05) is 13.7 Å². The maximum Gasteiger partial charge on any atom is 0.269 e. The van der Waals surface area contributed by atoms with Crippen molar-refractivity contribution in [3.63, 3.8) is 0 Å². The first-order valence-corrected chi connectivity index (χ1v) is 7.22. The Hall–Kier alpha value is -3.09. The standard InChI is InChI=1S/C17H17FN2O4/c1-3-24-14-9-6-12(10-15(14)23-2)17(22)20-19-16(21)11-4-7-13(18)8-5-11/h4-10H,3H2,1-2H3,(H,19,21)(H,20,22). The van der Waals surface area contributed by atoms with Gasteiger partial charge in [0.2, 0.25) is 0 Å². The number of hydrazine groups is 1. The summed E-state index contributed by atoms with van der Waals surface area (Å²) in [5.74, 6) is -0.591. The van der Waals surface area contributed by atoms with Crippen LogP contribution in [0.3, 0.4) is 0 Å². The number of hydrogen-bond acceptors (Lipinski definition) is 4. The average molecular weight is 332 g/mol. The van der Waals surface area contributed by atoms with Crippen LogP contribution in [0.15, 0.2) is 42.5 Å². The summed E-state index contributed by atoms with van der Waals surface area (Å²) in [6.45, 7) is 2.31. The maximum atomic E-state index is 12.8. The number of carbonyl (C=O) groups excluding carboxylic acids is 2. The zero-order chi connectivity index (χ0) is 17.5. The minimum Gasteiger partial charge on any atom is -0.493 e. The number of hydrogen-bond donors (Lipinski definition) is 2. The van der Waals surface area contributed by atoms with Gasteiger partial charge in [0.15, 0.2) is 11.5 Å². The van der Waals surface area contributed by atoms with E-state index in [-0.39, 0.29) is 11.1 Å². The summed E-state index contributed by atoms with van der Waals surface area (Å²) >= 11 is 0. The van der Waals surface area contributed by atoms with Gasteiger partial charge in [0.05, 0.1) is 13.7 Å². The molecule has 0 aliphatic rings. The number of ether oxygens (including phenoxy) is 2. The molecule has 24 heavy (non-hydrogen) atoms. The molecule has 0 saturated heterocycles. The van der Waals surface area contributed by atoms with Crippen LogP contribution in [-0.4, -0.2) is 25.5 Å². The lowest BCUT2D eigenvalue weighted by atomic mass is 10.2. The third-order valence-corrected chi connectivity index (χ3v) is 3.12. The lowest BCUT2D eigenvalue weighted by Gasteiger charge is -2.11. The molecule has 2 aromatic rings. The number of halogens is 1. The van der Waals surface area contributed by atoms with E-state index in [9.17, 15) is 14.0 Å². The molecule has 0 aliphatic heterocycles. The predicted molar refractivity (Wildman–Crippen MR) is 85.5 cm³/mol. The molecule has 0 fully saturated rings. The Balaban J connectivity index is 2.01. The van der Waals surface area contributed by atoms with Crippen LogP contribution in [0.1, 0.15) is 27.6 Å². The van der Waals surface area contributed by atoms with E-state index in [1.54, 1.807) is 12.1 Å². The van der Waals surface area contributed by atoms with Gasteiger partial charge in [0.1, 0.15) is 5.82 Å². The topological polar surface area (TPSA) is 76.7 Å². The first-order valence-electron chi connectivity index (χ1n) is 7.22. The Kier molecular flexibility index (Phi) is 5.73. The molecule has 7 heteroatoms. The SMILES string of the molecule is CCOc1ccc(C(=O)NNC(=O)c2ccc(F)cc2)cc1OC. The fourth-order valence-corrected chi connectivity index (χ4v) is 1.94. The van der Waals surface area contributed by atoms with Crippen molar-refractivity contribution in [1.82, 2.24) is 10.9 Å². The highest BCUT2D eigenvalue weighted by Crippen LogP contribution is 2.27. The number of methoxy groups -OCH3 is 1. The molecule has 0 aromatic heterocycles. The third-order valence-electron chi connectivity index (χ3n) is 3.12. The predicted octanol–water partition coefficient (Wildman–Crippen LogP) is 2.31. The van der Waals surface area contributed by atoms with Crippen LogP contribution in [-0.2, 0) is 0 Å². The maximum absolute atomic E-state index is 12.8. The number of amides is 2. The molecule has 0 atom stereocenters. The molecule has 6 nitrogen and oxygen atoms in total. The second kappa shape index (κ2) is 7.96. The van der Waals surface area contributed by atoms with E-state index in [0.717, 1.165) is 12.1 Å². The lowest BCUT2D eigenvalue weighted by Crippen LogP contribution is -2.41. The molecule has 2 aromatic carbocycles. The Morgan fingerprint density at radius 3 is 2.12 bits per heavy atom. The quantitative estimate of drug-likeness (QED) is 0.824. The fraction of sp³-hybridized carbons (Fsp3) is 0.176. The van der Waals surface area contributed by atoms with Crippen molar-refractivity contribution >= 4 is 11.8 Å². The highest BCUT2D eigenvalue weighted by Gasteiger charge is 2.12. The molecular weight excluding hydrogens is 315 g/mol. The van der Waals surface area contributed by atoms with Gasteiger partial charge in [0.25, 0.3) is 11.8 Å². The third kappa shape index (κ3) is 4.22. The van der Waals surface area contributed by atoms with E-state index < -0.39 is 17.6 Å². The minimum atomic E-state index is -0.554. The van der Waals surface area contributed by atoms with E-state index >= 15 is 0 Å². The van der Waals surface area contributed by atoms with E-state index in [1.807, 2.05) is 6.92 Å². The first kappa shape index (κ1) is 17.3. The average Bonchev–Trinajstić information content (AvgIpc) is 2.60. The lowest BCUT2D eigenvalue weighted by molar-refractivity contribution is 0.0846. The first-order chi connectivity index (χ1) is 11.5. The zero-order valence-electron chi connectivity index (χ0n) is 13.3. The number of nitrogens with one attached hydrogen (secondary N) is 2. The van der Waals surface area contributed by atoms with Crippen LogP contribution in [0.2, 0.25) is 0 Å². The molecule has 0 heterocycles. The summed E-state index contributed by atoms with van der Waals surface area (Å²) in [6.07, 6.45) is 0. The number of rotatable bonds is 5. The van der Waals surface area contributed by atoms with Crippen molar-refractivity contribution in [2.24, 2.45) is 0 Å². The molecule has 0 radical (unpaired) electrons. The summed E-state index contributed by atoms with van der Waals surface area (Å²) in [7, 11) is 1.47. The van der Waals surface area contributed by atoms with Gasteiger partial charge >= 0.3 is 0 Å². The van der Waals surface area contributed by atoms with E-state index in [1.165, 1.54) is 25.3 Å². The second-order valence-corrected chi connectivity index (χ2v) is 4.71. The van der Waals surface area contributed by atoms with E-state index in [2.05, 4.69) is 10.9 Å². The van der Waals surface area contributed by atoms with Crippen LogP contribution < -0.4 is 20.3 Å². The molecule has 0 saturated carbocycles. The second-order valence-electron chi connectivity index (χ2n) is 4.71. The van der Waals surface area contributed by atoms with Crippen molar-refractivity contribution in [3.8, 4) is 11.5 Å². The van der Waals surface area contributed by atoms with Crippen molar-refractivity contribution in [1.29, 1.82) is 0 Å². The minimum absolute atomic E-state index is 0.223. The fourth-order valence-electron chi connectivity index (χ4n) is 1.94. The van der Waals surface area contributed by atoms with Crippen LogP contribution in [0, 0.1) is 5.82 Å². The summed E-state index contributed by atoms with van der Waals surface area (Å²) in [4.78, 5) is 24.0. The van der Waals surface area contributed by atoms with E-state index in [4.69, 9.17) is 9.47 Å².